The Hall–Kier alpha value is -1.51. The third-order valence-electron chi connectivity index (χ3n) is 2.97. The first kappa shape index (κ1) is 14.6. The third kappa shape index (κ3) is 4.78. The van der Waals surface area contributed by atoms with Crippen LogP contribution in [-0.2, 0) is 4.79 Å². The second-order valence-electron chi connectivity index (χ2n) is 4.52. The lowest BCUT2D eigenvalue weighted by Gasteiger charge is -2.18. The predicted octanol–water partition coefficient (Wildman–Crippen LogP) is 4.03. The summed E-state index contributed by atoms with van der Waals surface area (Å²) < 4.78 is 0. The molecule has 0 saturated heterocycles. The van der Waals surface area contributed by atoms with Gasteiger partial charge >= 0.3 is 0 Å². The SMILES string of the molecule is CCCC(CC)Nc1cccc(NC(=O)CC)c1. The molecular formula is C15H24N2O. The molecule has 1 aromatic rings. The molecule has 1 amide bonds. The molecule has 2 N–H and O–H groups in total. The third-order valence-corrected chi connectivity index (χ3v) is 2.97. The van der Waals surface area contributed by atoms with Crippen LogP contribution < -0.4 is 10.6 Å². The number of anilines is 2. The molecule has 3 nitrogen and oxygen atoms in total. The summed E-state index contributed by atoms with van der Waals surface area (Å²) >= 11 is 0. The molecule has 1 atom stereocenters. The van der Waals surface area contributed by atoms with Gasteiger partial charge in [0, 0.05) is 23.8 Å². The van der Waals surface area contributed by atoms with E-state index in [0.29, 0.717) is 12.5 Å². The molecule has 18 heavy (non-hydrogen) atoms. The van der Waals surface area contributed by atoms with E-state index in [1.54, 1.807) is 0 Å². The number of hydrogen-bond acceptors (Lipinski definition) is 2. The van der Waals surface area contributed by atoms with E-state index >= 15 is 0 Å². The molecule has 0 heterocycles. The normalized spacial score (nSPS) is 11.9. The first-order chi connectivity index (χ1) is 8.69. The number of nitrogens with one attached hydrogen (secondary N) is 2. The molecule has 3 heteroatoms. The number of hydrogen-bond donors (Lipinski definition) is 2. The Bertz CT molecular complexity index is 377. The highest BCUT2D eigenvalue weighted by Gasteiger charge is 2.05. The molecule has 0 saturated carbocycles. The summed E-state index contributed by atoms with van der Waals surface area (Å²) in [7, 11) is 0. The van der Waals surface area contributed by atoms with E-state index in [9.17, 15) is 4.79 Å². The predicted molar refractivity (Wildman–Crippen MR) is 78.0 cm³/mol. The van der Waals surface area contributed by atoms with Gasteiger partial charge in [0.15, 0.2) is 0 Å². The number of carbonyl (C=O) groups is 1. The summed E-state index contributed by atoms with van der Waals surface area (Å²) in [6.07, 6.45) is 3.96. The van der Waals surface area contributed by atoms with E-state index < -0.39 is 0 Å². The van der Waals surface area contributed by atoms with Gasteiger partial charge in [-0.25, -0.2) is 0 Å². The monoisotopic (exact) mass is 248 g/mol. The average Bonchev–Trinajstić information content (AvgIpc) is 2.38. The van der Waals surface area contributed by atoms with Gasteiger partial charge in [-0.3, -0.25) is 4.79 Å². The fourth-order valence-corrected chi connectivity index (χ4v) is 1.90. The molecule has 1 unspecified atom stereocenters. The van der Waals surface area contributed by atoms with Gasteiger partial charge < -0.3 is 10.6 Å². The molecule has 0 aliphatic rings. The van der Waals surface area contributed by atoms with E-state index in [1.807, 2.05) is 31.2 Å². The summed E-state index contributed by atoms with van der Waals surface area (Å²) in [5, 5.41) is 6.39. The lowest BCUT2D eigenvalue weighted by atomic mass is 10.1. The fraction of sp³-hybridized carbons (Fsp3) is 0.533. The second-order valence-corrected chi connectivity index (χ2v) is 4.52. The summed E-state index contributed by atoms with van der Waals surface area (Å²) in [6.45, 7) is 6.24. The zero-order valence-corrected chi connectivity index (χ0v) is 11.6. The average molecular weight is 248 g/mol. The van der Waals surface area contributed by atoms with Gasteiger partial charge in [0.2, 0.25) is 5.91 Å². The maximum absolute atomic E-state index is 11.3. The number of carbonyl (C=O) groups excluding carboxylic acids is 1. The van der Waals surface area contributed by atoms with Crippen LogP contribution in [0, 0.1) is 0 Å². The van der Waals surface area contributed by atoms with Gasteiger partial charge in [0.05, 0.1) is 0 Å². The van der Waals surface area contributed by atoms with Crippen molar-refractivity contribution in [2.45, 2.75) is 52.5 Å². The van der Waals surface area contributed by atoms with Crippen molar-refractivity contribution in [3.05, 3.63) is 24.3 Å². The maximum Gasteiger partial charge on any atom is 0.224 e. The van der Waals surface area contributed by atoms with Crippen LogP contribution in [0.5, 0.6) is 0 Å². The topological polar surface area (TPSA) is 41.1 Å². The van der Waals surface area contributed by atoms with Gasteiger partial charge in [-0.05, 0) is 31.0 Å². The fourth-order valence-electron chi connectivity index (χ4n) is 1.90. The summed E-state index contributed by atoms with van der Waals surface area (Å²) in [5.74, 6) is 0.0488. The number of rotatable bonds is 7. The zero-order chi connectivity index (χ0) is 13.4. The Kier molecular flexibility index (Phi) is 6.26. The maximum atomic E-state index is 11.3. The van der Waals surface area contributed by atoms with Crippen LogP contribution in [0.2, 0.25) is 0 Å². The highest BCUT2D eigenvalue weighted by atomic mass is 16.1. The molecule has 0 spiro atoms. The van der Waals surface area contributed by atoms with E-state index in [1.165, 1.54) is 12.8 Å². The largest absolute Gasteiger partial charge is 0.382 e. The first-order valence-corrected chi connectivity index (χ1v) is 6.86. The van der Waals surface area contributed by atoms with Crippen molar-refractivity contribution in [2.75, 3.05) is 10.6 Å². The van der Waals surface area contributed by atoms with Crippen LogP contribution in [0.4, 0.5) is 11.4 Å². The lowest BCUT2D eigenvalue weighted by molar-refractivity contribution is -0.115. The molecule has 0 aliphatic carbocycles. The molecule has 0 aliphatic heterocycles. The zero-order valence-electron chi connectivity index (χ0n) is 11.6. The van der Waals surface area contributed by atoms with Crippen LogP contribution in [0.15, 0.2) is 24.3 Å². The Morgan fingerprint density at radius 2 is 1.94 bits per heavy atom. The second kappa shape index (κ2) is 7.75. The van der Waals surface area contributed by atoms with Gasteiger partial charge in [-0.2, -0.15) is 0 Å². The van der Waals surface area contributed by atoms with Crippen molar-refractivity contribution in [1.82, 2.24) is 0 Å². The molecule has 0 aromatic heterocycles. The van der Waals surface area contributed by atoms with Crippen molar-refractivity contribution in [3.63, 3.8) is 0 Å². The van der Waals surface area contributed by atoms with Crippen molar-refractivity contribution in [2.24, 2.45) is 0 Å². The van der Waals surface area contributed by atoms with Crippen LogP contribution in [0.25, 0.3) is 0 Å². The van der Waals surface area contributed by atoms with Crippen LogP contribution in [0.1, 0.15) is 46.5 Å². The summed E-state index contributed by atoms with van der Waals surface area (Å²) in [5.41, 5.74) is 1.93. The minimum absolute atomic E-state index is 0.0488. The number of benzene rings is 1. The number of amides is 1. The van der Waals surface area contributed by atoms with Gasteiger partial charge in [-0.15, -0.1) is 0 Å². The van der Waals surface area contributed by atoms with E-state index in [4.69, 9.17) is 0 Å². The van der Waals surface area contributed by atoms with Gasteiger partial charge in [-0.1, -0.05) is 33.3 Å². The molecule has 0 bridgehead atoms. The minimum atomic E-state index is 0.0488. The van der Waals surface area contributed by atoms with Crippen molar-refractivity contribution in [3.8, 4) is 0 Å². The van der Waals surface area contributed by atoms with Crippen LogP contribution >= 0.6 is 0 Å². The van der Waals surface area contributed by atoms with Crippen molar-refractivity contribution >= 4 is 17.3 Å². The van der Waals surface area contributed by atoms with Crippen molar-refractivity contribution < 1.29 is 4.79 Å². The Balaban J connectivity index is 2.66. The quantitative estimate of drug-likeness (QED) is 0.765. The smallest absolute Gasteiger partial charge is 0.224 e. The Labute approximate surface area is 110 Å². The molecule has 0 fully saturated rings. The molecule has 1 aromatic carbocycles. The van der Waals surface area contributed by atoms with Gasteiger partial charge in [0.25, 0.3) is 0 Å². The molecular weight excluding hydrogens is 224 g/mol. The summed E-state index contributed by atoms with van der Waals surface area (Å²) in [6, 6.07) is 8.42. The Morgan fingerprint density at radius 1 is 1.22 bits per heavy atom. The summed E-state index contributed by atoms with van der Waals surface area (Å²) in [4.78, 5) is 11.3. The van der Waals surface area contributed by atoms with E-state index in [2.05, 4.69) is 24.5 Å². The van der Waals surface area contributed by atoms with Crippen molar-refractivity contribution in [1.29, 1.82) is 0 Å². The Morgan fingerprint density at radius 3 is 2.56 bits per heavy atom. The standard InChI is InChI=1S/C15H24N2O/c1-4-8-12(5-2)16-13-9-7-10-14(11-13)17-15(18)6-3/h7,9-12,16H,4-6,8H2,1-3H3,(H,17,18). The highest BCUT2D eigenvalue weighted by Crippen LogP contribution is 2.18. The van der Waals surface area contributed by atoms with Crippen LogP contribution in [0.3, 0.4) is 0 Å². The molecule has 100 valence electrons. The minimum Gasteiger partial charge on any atom is -0.382 e. The van der Waals surface area contributed by atoms with Crippen LogP contribution in [-0.4, -0.2) is 11.9 Å². The van der Waals surface area contributed by atoms with E-state index in [0.717, 1.165) is 17.8 Å². The lowest BCUT2D eigenvalue weighted by Crippen LogP contribution is -2.18. The molecule has 1 rings (SSSR count). The van der Waals surface area contributed by atoms with E-state index in [-0.39, 0.29) is 5.91 Å². The van der Waals surface area contributed by atoms with Gasteiger partial charge in [0.1, 0.15) is 0 Å². The molecule has 0 radical (unpaired) electrons. The highest BCUT2D eigenvalue weighted by molar-refractivity contribution is 5.90. The first-order valence-electron chi connectivity index (χ1n) is 6.86.